The number of hydrogen-bond donors (Lipinski definition) is 0. The number of aryl methyl sites for hydroxylation is 1. The van der Waals surface area contributed by atoms with Gasteiger partial charge in [-0.05, 0) is 50.8 Å². The van der Waals surface area contributed by atoms with Gasteiger partial charge in [-0.15, -0.1) is 0 Å². The maximum absolute atomic E-state index is 14.5. The second-order valence-electron chi connectivity index (χ2n) is 9.74. The van der Waals surface area contributed by atoms with Crippen molar-refractivity contribution >= 4 is 11.6 Å². The Morgan fingerprint density at radius 1 is 0.973 bits per heavy atom. The highest BCUT2D eigenvalue weighted by atomic mass is 35.5. The van der Waals surface area contributed by atoms with Crippen LogP contribution in [0.25, 0.3) is 0 Å². The number of hydrogen-bond acceptors (Lipinski definition) is 2. The van der Waals surface area contributed by atoms with Crippen molar-refractivity contribution in [1.82, 2.24) is 14.7 Å². The monoisotopic (exact) mass is 555 g/mol. The van der Waals surface area contributed by atoms with E-state index in [2.05, 4.69) is 5.10 Å². The van der Waals surface area contributed by atoms with Crippen LogP contribution in [0.15, 0.2) is 12.1 Å². The molecule has 1 aromatic heterocycles. The molecule has 3 rings (SSSR count). The van der Waals surface area contributed by atoms with Gasteiger partial charge >= 0.3 is 6.18 Å². The van der Waals surface area contributed by atoms with E-state index in [0.717, 1.165) is 74.6 Å². The Hall–Kier alpha value is -1.81. The molecule has 0 bridgehead atoms. The van der Waals surface area contributed by atoms with Gasteiger partial charge in [0.25, 0.3) is 6.43 Å². The van der Waals surface area contributed by atoms with Gasteiger partial charge in [0.05, 0.1) is 10.6 Å². The number of halogens is 8. The first-order chi connectivity index (χ1) is 17.5. The number of alkyl halides is 5. The average Bonchev–Trinajstić information content (AvgIpc) is 3.63. The first-order valence-electron chi connectivity index (χ1n) is 12.8. The smallest absolute Gasteiger partial charge is 0.296 e. The topological polar surface area (TPSA) is 21.1 Å². The normalized spacial score (nSPS) is 14.4. The Morgan fingerprint density at radius 3 is 2.14 bits per heavy atom. The minimum Gasteiger partial charge on any atom is -0.296 e. The number of unbranched alkanes of at least 4 members (excludes halogenated alkanes) is 7. The highest BCUT2D eigenvalue weighted by Crippen LogP contribution is 2.38. The first-order valence-corrected chi connectivity index (χ1v) is 13.2. The van der Waals surface area contributed by atoms with Gasteiger partial charge in [-0.2, -0.15) is 22.7 Å². The SMILES string of the molecule is Cn1nc(C(F)F)c(CCCCCCCCCCN(Cc2c(C(F)(F)F)ccc(Cl)c2F)C2CC2)c1F. The molecule has 3 nitrogen and oxygen atoms in total. The molecule has 0 N–H and O–H groups in total. The summed E-state index contributed by atoms with van der Waals surface area (Å²) in [5.41, 5.74) is -1.85. The van der Waals surface area contributed by atoms with E-state index in [1.54, 1.807) is 0 Å². The summed E-state index contributed by atoms with van der Waals surface area (Å²) < 4.78 is 95.5. The van der Waals surface area contributed by atoms with Crippen LogP contribution in [0.5, 0.6) is 0 Å². The molecule has 1 aromatic carbocycles. The number of rotatable bonds is 15. The number of benzene rings is 1. The van der Waals surface area contributed by atoms with Gasteiger partial charge in [0.2, 0.25) is 5.95 Å². The van der Waals surface area contributed by atoms with Crippen molar-refractivity contribution in [1.29, 1.82) is 0 Å². The zero-order chi connectivity index (χ0) is 27.2. The summed E-state index contributed by atoms with van der Waals surface area (Å²) in [6, 6.07) is 1.97. The van der Waals surface area contributed by atoms with Gasteiger partial charge < -0.3 is 0 Å². The predicted molar refractivity (Wildman–Crippen MR) is 129 cm³/mol. The van der Waals surface area contributed by atoms with Crippen molar-refractivity contribution in [2.24, 2.45) is 7.05 Å². The summed E-state index contributed by atoms with van der Waals surface area (Å²) in [5.74, 6) is -1.71. The summed E-state index contributed by atoms with van der Waals surface area (Å²) in [5, 5.41) is 3.25. The Morgan fingerprint density at radius 2 is 1.57 bits per heavy atom. The lowest BCUT2D eigenvalue weighted by Crippen LogP contribution is -2.28. The minimum absolute atomic E-state index is 0.00211. The molecule has 1 aliphatic carbocycles. The van der Waals surface area contributed by atoms with E-state index >= 15 is 0 Å². The van der Waals surface area contributed by atoms with Gasteiger partial charge in [-0.1, -0.05) is 50.1 Å². The molecule has 0 radical (unpaired) electrons. The zero-order valence-electron chi connectivity index (χ0n) is 20.9. The Kier molecular flexibility index (Phi) is 10.7. The summed E-state index contributed by atoms with van der Waals surface area (Å²) >= 11 is 5.77. The van der Waals surface area contributed by atoms with Gasteiger partial charge in [-0.25, -0.2) is 17.9 Å². The van der Waals surface area contributed by atoms with E-state index < -0.39 is 41.2 Å². The number of nitrogens with zero attached hydrogens (tertiary/aromatic N) is 3. The lowest BCUT2D eigenvalue weighted by molar-refractivity contribution is -0.138. The molecule has 11 heteroatoms. The van der Waals surface area contributed by atoms with E-state index in [4.69, 9.17) is 11.6 Å². The number of aromatic nitrogens is 2. The van der Waals surface area contributed by atoms with E-state index in [1.807, 2.05) is 4.90 Å². The molecule has 2 aromatic rings. The van der Waals surface area contributed by atoms with Crippen molar-refractivity contribution in [3.05, 3.63) is 51.3 Å². The van der Waals surface area contributed by atoms with Crippen LogP contribution in [0.3, 0.4) is 0 Å². The van der Waals surface area contributed by atoms with Gasteiger partial charge in [-0.3, -0.25) is 4.90 Å². The van der Waals surface area contributed by atoms with Crippen LogP contribution in [0.4, 0.5) is 30.7 Å². The second kappa shape index (κ2) is 13.3. The Bertz CT molecular complexity index is 1020. The van der Waals surface area contributed by atoms with E-state index in [-0.39, 0.29) is 29.6 Å². The fourth-order valence-corrected chi connectivity index (χ4v) is 4.87. The van der Waals surface area contributed by atoms with Crippen molar-refractivity contribution in [2.75, 3.05) is 6.54 Å². The van der Waals surface area contributed by atoms with Crippen LogP contribution >= 0.6 is 11.6 Å². The van der Waals surface area contributed by atoms with Crippen LogP contribution in [-0.2, 0) is 26.2 Å². The van der Waals surface area contributed by atoms with E-state index in [1.165, 1.54) is 7.05 Å². The quantitative estimate of drug-likeness (QED) is 0.162. The van der Waals surface area contributed by atoms with E-state index in [0.29, 0.717) is 13.0 Å². The summed E-state index contributed by atoms with van der Waals surface area (Å²) in [7, 11) is 1.31. The Labute approximate surface area is 218 Å². The van der Waals surface area contributed by atoms with Crippen molar-refractivity contribution < 1.29 is 30.7 Å². The third-order valence-electron chi connectivity index (χ3n) is 6.85. The van der Waals surface area contributed by atoms with Crippen LogP contribution in [-0.4, -0.2) is 27.3 Å². The molecule has 0 aliphatic heterocycles. The molecule has 208 valence electrons. The summed E-state index contributed by atoms with van der Waals surface area (Å²) in [4.78, 5) is 1.93. The highest BCUT2D eigenvalue weighted by molar-refractivity contribution is 6.30. The van der Waals surface area contributed by atoms with Gasteiger partial charge in [0.1, 0.15) is 11.5 Å². The molecule has 0 spiro atoms. The van der Waals surface area contributed by atoms with Crippen molar-refractivity contribution in [3.8, 4) is 0 Å². The molecular formula is C26H33ClF7N3. The van der Waals surface area contributed by atoms with Crippen LogP contribution in [0.2, 0.25) is 5.02 Å². The van der Waals surface area contributed by atoms with Gasteiger partial charge in [0.15, 0.2) is 0 Å². The average molecular weight is 556 g/mol. The van der Waals surface area contributed by atoms with Crippen molar-refractivity contribution in [3.63, 3.8) is 0 Å². The van der Waals surface area contributed by atoms with Crippen LogP contribution < -0.4 is 0 Å². The molecule has 1 fully saturated rings. The van der Waals surface area contributed by atoms with Crippen LogP contribution in [0.1, 0.15) is 93.0 Å². The van der Waals surface area contributed by atoms with Crippen molar-refractivity contribution in [2.45, 2.75) is 95.8 Å². The molecule has 0 saturated heterocycles. The Balaban J connectivity index is 1.35. The lowest BCUT2D eigenvalue weighted by Gasteiger charge is -2.24. The standard InChI is InChI=1S/C26H33ClF7N3/c1-36-25(31)18(23(35-36)24(29)30)10-8-6-4-2-3-5-7-9-15-37(17-11-12-17)16-19-20(26(32,33)34)13-14-21(27)22(19)28/h13-14,17,24H,2-12,15-16H2,1H3. The fraction of sp³-hybridized carbons (Fsp3) is 0.654. The maximum atomic E-state index is 14.5. The first kappa shape index (κ1) is 29.7. The fourth-order valence-electron chi connectivity index (χ4n) is 4.70. The van der Waals surface area contributed by atoms with Crippen LogP contribution in [0, 0.1) is 11.8 Å². The predicted octanol–water partition coefficient (Wildman–Crippen LogP) is 8.64. The molecule has 0 atom stereocenters. The largest absolute Gasteiger partial charge is 0.416 e. The molecule has 37 heavy (non-hydrogen) atoms. The molecule has 0 amide bonds. The molecular weight excluding hydrogens is 523 g/mol. The molecule has 1 aliphatic rings. The zero-order valence-corrected chi connectivity index (χ0v) is 21.6. The van der Waals surface area contributed by atoms with Gasteiger partial charge in [0, 0.05) is 30.8 Å². The maximum Gasteiger partial charge on any atom is 0.416 e. The molecule has 1 heterocycles. The molecule has 0 unspecified atom stereocenters. The summed E-state index contributed by atoms with van der Waals surface area (Å²) in [6.45, 7) is 0.480. The second-order valence-corrected chi connectivity index (χ2v) is 10.2. The summed E-state index contributed by atoms with van der Waals surface area (Å²) in [6.07, 6.45) is 1.53. The third-order valence-corrected chi connectivity index (χ3v) is 7.15. The van der Waals surface area contributed by atoms with E-state index in [9.17, 15) is 30.7 Å². The highest BCUT2D eigenvalue weighted by Gasteiger charge is 2.37. The minimum atomic E-state index is -4.65. The third kappa shape index (κ3) is 8.34. The lowest BCUT2D eigenvalue weighted by atomic mass is 10.0. The molecule has 1 saturated carbocycles.